The van der Waals surface area contributed by atoms with Crippen molar-refractivity contribution in [3.63, 3.8) is 0 Å². The lowest BCUT2D eigenvalue weighted by Crippen LogP contribution is -2.18. The van der Waals surface area contributed by atoms with Gasteiger partial charge in [-0.1, -0.05) is 0 Å². The van der Waals surface area contributed by atoms with Crippen molar-refractivity contribution in [3.05, 3.63) is 23.8 Å². The lowest BCUT2D eigenvalue weighted by Gasteiger charge is -2.17. The van der Waals surface area contributed by atoms with E-state index in [4.69, 9.17) is 9.84 Å². The van der Waals surface area contributed by atoms with Crippen LogP contribution in [0.25, 0.3) is 0 Å². The van der Waals surface area contributed by atoms with Crippen LogP contribution >= 0.6 is 0 Å². The maximum Gasteiger partial charge on any atom is 0.303 e. The molecule has 0 aromatic heterocycles. The molecule has 1 aromatic carbocycles. The Bertz CT molecular complexity index is 499. The first-order valence-corrected chi connectivity index (χ1v) is 6.92. The van der Waals surface area contributed by atoms with Crippen LogP contribution in [-0.2, 0) is 16.0 Å². The summed E-state index contributed by atoms with van der Waals surface area (Å²) in [6.07, 6.45) is 3.88. The lowest BCUT2D eigenvalue weighted by atomic mass is 10.0. The van der Waals surface area contributed by atoms with Crippen LogP contribution in [0.15, 0.2) is 18.2 Å². The van der Waals surface area contributed by atoms with Crippen molar-refractivity contribution in [1.82, 2.24) is 0 Å². The van der Waals surface area contributed by atoms with E-state index in [9.17, 15) is 9.59 Å². The van der Waals surface area contributed by atoms with Gasteiger partial charge in [0.1, 0.15) is 5.75 Å². The fraction of sp³-hybridized carbons (Fsp3) is 0.467. The van der Waals surface area contributed by atoms with Crippen molar-refractivity contribution < 1.29 is 19.4 Å². The average Bonchev–Trinajstić information content (AvgIpc) is 2.42. The van der Waals surface area contributed by atoms with Crippen LogP contribution in [-0.4, -0.2) is 23.6 Å². The van der Waals surface area contributed by atoms with E-state index in [2.05, 4.69) is 5.32 Å². The second-order valence-electron chi connectivity index (χ2n) is 4.92. The summed E-state index contributed by atoms with van der Waals surface area (Å²) in [6.45, 7) is 0.588. The second-order valence-corrected chi connectivity index (χ2v) is 4.92. The zero-order valence-corrected chi connectivity index (χ0v) is 11.4. The molecule has 0 saturated heterocycles. The third kappa shape index (κ3) is 4.26. The maximum absolute atomic E-state index is 11.2. The van der Waals surface area contributed by atoms with Crippen LogP contribution in [0.1, 0.15) is 37.7 Å². The molecular weight excluding hydrogens is 258 g/mol. The largest absolute Gasteiger partial charge is 0.494 e. The molecule has 0 radical (unpaired) electrons. The van der Waals surface area contributed by atoms with Crippen molar-refractivity contribution in [2.24, 2.45) is 0 Å². The number of aliphatic carboxylic acids is 1. The Labute approximate surface area is 117 Å². The van der Waals surface area contributed by atoms with Gasteiger partial charge in [-0.15, -0.1) is 0 Å². The molecule has 0 aliphatic carbocycles. The van der Waals surface area contributed by atoms with E-state index in [1.165, 1.54) is 0 Å². The molecule has 2 rings (SSSR count). The highest BCUT2D eigenvalue weighted by Crippen LogP contribution is 2.26. The number of hydrogen-bond donors (Lipinski definition) is 2. The molecule has 0 atom stereocenters. The predicted molar refractivity (Wildman–Crippen MR) is 75.0 cm³/mol. The molecule has 0 unspecified atom stereocenters. The first-order valence-electron chi connectivity index (χ1n) is 6.92. The Morgan fingerprint density at radius 1 is 1.25 bits per heavy atom. The number of aryl methyl sites for hydroxylation is 1. The van der Waals surface area contributed by atoms with Gasteiger partial charge in [-0.2, -0.15) is 0 Å². The number of amides is 1. The smallest absolute Gasteiger partial charge is 0.303 e. The standard InChI is InChI=1S/C15H19NO4/c17-14-8-5-11-10-12(6-7-13(11)16-14)20-9-3-1-2-4-15(18)19/h6-7,10H,1-5,8-9H2,(H,16,17)(H,18,19). The Balaban J connectivity index is 1.74. The van der Waals surface area contributed by atoms with Gasteiger partial charge >= 0.3 is 5.97 Å². The fourth-order valence-corrected chi connectivity index (χ4v) is 2.19. The molecule has 2 N–H and O–H groups in total. The number of carboxylic acids is 1. The number of benzene rings is 1. The van der Waals surface area contributed by atoms with E-state index < -0.39 is 5.97 Å². The fourth-order valence-electron chi connectivity index (χ4n) is 2.19. The molecule has 1 amide bonds. The van der Waals surface area contributed by atoms with Gasteiger partial charge in [0.05, 0.1) is 6.61 Å². The van der Waals surface area contributed by atoms with Crippen molar-refractivity contribution in [3.8, 4) is 5.75 Å². The minimum Gasteiger partial charge on any atom is -0.494 e. The monoisotopic (exact) mass is 277 g/mol. The first kappa shape index (κ1) is 14.4. The summed E-state index contributed by atoms with van der Waals surface area (Å²) in [5.74, 6) is 0.116. The number of anilines is 1. The number of carbonyl (C=O) groups excluding carboxylic acids is 1. The number of rotatable bonds is 7. The lowest BCUT2D eigenvalue weighted by molar-refractivity contribution is -0.137. The van der Waals surface area contributed by atoms with E-state index in [0.29, 0.717) is 19.4 Å². The van der Waals surface area contributed by atoms with E-state index in [1.807, 2.05) is 18.2 Å². The highest BCUT2D eigenvalue weighted by Gasteiger charge is 2.14. The van der Waals surface area contributed by atoms with E-state index in [0.717, 1.165) is 36.3 Å². The summed E-state index contributed by atoms with van der Waals surface area (Å²) in [7, 11) is 0. The number of nitrogens with one attached hydrogen (secondary N) is 1. The van der Waals surface area contributed by atoms with Crippen LogP contribution < -0.4 is 10.1 Å². The molecule has 1 aliphatic heterocycles. The minimum absolute atomic E-state index is 0.0598. The minimum atomic E-state index is -0.748. The number of ether oxygens (including phenoxy) is 1. The molecular formula is C15H19NO4. The van der Waals surface area contributed by atoms with Crippen molar-refractivity contribution in [2.75, 3.05) is 11.9 Å². The molecule has 0 bridgehead atoms. The zero-order valence-electron chi connectivity index (χ0n) is 11.4. The Morgan fingerprint density at radius 2 is 2.10 bits per heavy atom. The molecule has 1 heterocycles. The van der Waals surface area contributed by atoms with Crippen LogP contribution in [0.5, 0.6) is 5.75 Å². The highest BCUT2D eigenvalue weighted by molar-refractivity contribution is 5.93. The molecule has 20 heavy (non-hydrogen) atoms. The molecule has 0 fully saturated rings. The molecule has 1 aromatic rings. The Hall–Kier alpha value is -2.04. The number of hydrogen-bond acceptors (Lipinski definition) is 3. The molecule has 1 aliphatic rings. The molecule has 108 valence electrons. The number of carboxylic acid groups (broad SMARTS) is 1. The normalized spacial score (nSPS) is 13.5. The van der Waals surface area contributed by atoms with Crippen LogP contribution in [0.4, 0.5) is 5.69 Å². The second kappa shape index (κ2) is 6.93. The molecule has 0 saturated carbocycles. The zero-order chi connectivity index (χ0) is 14.4. The van der Waals surface area contributed by atoms with Crippen LogP contribution in [0, 0.1) is 0 Å². The van der Waals surface area contributed by atoms with Crippen molar-refractivity contribution in [2.45, 2.75) is 38.5 Å². The van der Waals surface area contributed by atoms with Gasteiger partial charge in [-0.25, -0.2) is 0 Å². The summed E-state index contributed by atoms with van der Waals surface area (Å²) in [5.41, 5.74) is 1.98. The van der Waals surface area contributed by atoms with E-state index >= 15 is 0 Å². The average molecular weight is 277 g/mol. The predicted octanol–water partition coefficient (Wildman–Crippen LogP) is 2.60. The van der Waals surface area contributed by atoms with Gasteiger partial charge in [-0.3, -0.25) is 9.59 Å². The molecule has 0 spiro atoms. The van der Waals surface area contributed by atoms with E-state index in [1.54, 1.807) is 0 Å². The van der Waals surface area contributed by atoms with Gasteiger partial charge in [0.15, 0.2) is 0 Å². The van der Waals surface area contributed by atoms with Crippen LogP contribution in [0.2, 0.25) is 0 Å². The third-order valence-corrected chi connectivity index (χ3v) is 3.28. The topological polar surface area (TPSA) is 75.6 Å². The molecule has 5 heteroatoms. The summed E-state index contributed by atoms with van der Waals surface area (Å²) in [5, 5.41) is 11.3. The quantitative estimate of drug-likeness (QED) is 0.751. The highest BCUT2D eigenvalue weighted by atomic mass is 16.5. The first-order chi connectivity index (χ1) is 9.65. The Kier molecular flexibility index (Phi) is 4.98. The third-order valence-electron chi connectivity index (χ3n) is 3.28. The summed E-state index contributed by atoms with van der Waals surface area (Å²) < 4.78 is 5.65. The van der Waals surface area contributed by atoms with Gasteiger partial charge in [0.2, 0.25) is 5.91 Å². The number of unbranched alkanes of at least 4 members (excludes halogenated alkanes) is 2. The SMILES string of the molecule is O=C(O)CCCCCOc1ccc2c(c1)CCC(=O)N2. The van der Waals surface area contributed by atoms with Gasteiger partial charge in [-0.05, 0) is 49.4 Å². The van der Waals surface area contributed by atoms with Crippen LogP contribution in [0.3, 0.4) is 0 Å². The van der Waals surface area contributed by atoms with Gasteiger partial charge in [0, 0.05) is 18.5 Å². The molecule has 5 nitrogen and oxygen atoms in total. The van der Waals surface area contributed by atoms with E-state index in [-0.39, 0.29) is 12.3 Å². The van der Waals surface area contributed by atoms with Crippen molar-refractivity contribution >= 4 is 17.6 Å². The number of carbonyl (C=O) groups is 2. The summed E-state index contributed by atoms with van der Waals surface area (Å²) >= 11 is 0. The van der Waals surface area contributed by atoms with Gasteiger partial charge in [0.25, 0.3) is 0 Å². The summed E-state index contributed by atoms with van der Waals surface area (Å²) in [6, 6.07) is 5.68. The van der Waals surface area contributed by atoms with Crippen molar-refractivity contribution in [1.29, 1.82) is 0 Å². The Morgan fingerprint density at radius 3 is 2.90 bits per heavy atom. The summed E-state index contributed by atoms with van der Waals surface area (Å²) in [4.78, 5) is 21.6. The number of fused-ring (bicyclic) bond motifs is 1. The maximum atomic E-state index is 11.2. The van der Waals surface area contributed by atoms with Gasteiger partial charge < -0.3 is 15.2 Å².